The summed E-state index contributed by atoms with van der Waals surface area (Å²) in [5.41, 5.74) is 5.24. The predicted octanol–water partition coefficient (Wildman–Crippen LogP) is 17.3. The van der Waals surface area contributed by atoms with Crippen LogP contribution in [0, 0.1) is 0 Å². The van der Waals surface area contributed by atoms with Crippen LogP contribution in [0.1, 0.15) is 11.1 Å². The first-order valence-corrected chi connectivity index (χ1v) is 22.2. The smallest absolute Gasteiger partial charge is 0.308 e. The molecule has 0 aliphatic rings. The van der Waals surface area contributed by atoms with Crippen molar-refractivity contribution in [2.45, 2.75) is 12.4 Å². The van der Waals surface area contributed by atoms with Crippen LogP contribution in [-0.4, -0.2) is 14.5 Å². The van der Waals surface area contributed by atoms with E-state index >= 15 is 26.3 Å². The topological polar surface area (TPSA) is 30.7 Å². The lowest BCUT2D eigenvalue weighted by molar-refractivity contribution is -0.137. The van der Waals surface area contributed by atoms with Gasteiger partial charge >= 0.3 is 12.4 Å². The lowest BCUT2D eigenvalue weighted by Gasteiger charge is -2.24. The second-order valence-corrected chi connectivity index (χ2v) is 16.7. The summed E-state index contributed by atoms with van der Waals surface area (Å²) < 4.78 is 94.8. The van der Waals surface area contributed by atoms with Crippen molar-refractivity contribution >= 4 is 21.8 Å². The van der Waals surface area contributed by atoms with Crippen molar-refractivity contribution in [2.24, 2.45) is 0 Å². The zero-order valence-electron chi connectivity index (χ0n) is 36.5. The Labute approximate surface area is 393 Å². The van der Waals surface area contributed by atoms with Crippen molar-refractivity contribution in [2.75, 3.05) is 0 Å². The van der Waals surface area contributed by atoms with Crippen molar-refractivity contribution in [1.82, 2.24) is 14.5 Å². The molecule has 0 saturated heterocycles. The molecule has 0 saturated carbocycles. The first-order chi connectivity index (χ1) is 33.5. The van der Waals surface area contributed by atoms with Gasteiger partial charge in [0, 0.05) is 38.6 Å². The highest BCUT2D eigenvalue weighted by atomic mass is 19.4. The zero-order chi connectivity index (χ0) is 47.3. The number of hydrogen-bond acceptors (Lipinski definition) is 2. The number of nitrogens with zero attached hydrogens (tertiary/aromatic N) is 3. The van der Waals surface area contributed by atoms with Crippen molar-refractivity contribution in [3.05, 3.63) is 236 Å². The molecule has 0 atom stereocenters. The van der Waals surface area contributed by atoms with Gasteiger partial charge in [-0.2, -0.15) is 26.3 Å². The molecular formula is C60H37F6N3. The lowest BCUT2D eigenvalue weighted by Crippen LogP contribution is -2.11. The lowest BCUT2D eigenvalue weighted by atomic mass is 9.88. The highest BCUT2D eigenvalue weighted by Crippen LogP contribution is 2.49. The third-order valence-corrected chi connectivity index (χ3v) is 12.5. The number of halogens is 6. The first kappa shape index (κ1) is 43.0. The minimum absolute atomic E-state index is 0.0478. The van der Waals surface area contributed by atoms with E-state index in [0.717, 1.165) is 50.7 Å². The summed E-state index contributed by atoms with van der Waals surface area (Å²) in [6.45, 7) is 0. The van der Waals surface area contributed by atoms with Crippen molar-refractivity contribution in [1.29, 1.82) is 0 Å². The molecule has 0 unspecified atom stereocenters. The van der Waals surface area contributed by atoms with Crippen molar-refractivity contribution in [3.8, 4) is 84.1 Å². The maximum Gasteiger partial charge on any atom is 0.417 e. The van der Waals surface area contributed by atoms with E-state index in [1.807, 2.05) is 162 Å². The van der Waals surface area contributed by atoms with Gasteiger partial charge in [-0.05, 0) is 88.0 Å². The number of aromatic nitrogens is 3. The Kier molecular flexibility index (Phi) is 10.8. The fraction of sp³-hybridized carbons (Fsp3) is 0.0333. The van der Waals surface area contributed by atoms with Crippen LogP contribution in [0.2, 0.25) is 0 Å². The van der Waals surface area contributed by atoms with Gasteiger partial charge in [0.1, 0.15) is 0 Å². The summed E-state index contributed by atoms with van der Waals surface area (Å²) >= 11 is 0. The number of alkyl halides is 6. The molecule has 0 radical (unpaired) electrons. The van der Waals surface area contributed by atoms with E-state index < -0.39 is 23.5 Å². The van der Waals surface area contributed by atoms with Crippen LogP contribution in [0.3, 0.4) is 0 Å². The average Bonchev–Trinajstić information content (AvgIpc) is 3.71. The van der Waals surface area contributed by atoms with Gasteiger partial charge in [-0.1, -0.05) is 170 Å². The zero-order valence-corrected chi connectivity index (χ0v) is 36.5. The Morgan fingerprint density at radius 2 is 0.681 bits per heavy atom. The van der Waals surface area contributed by atoms with E-state index in [4.69, 9.17) is 9.97 Å². The molecule has 0 spiro atoms. The highest BCUT2D eigenvalue weighted by molar-refractivity contribution is 6.13. The van der Waals surface area contributed by atoms with E-state index in [1.165, 1.54) is 36.4 Å². The summed E-state index contributed by atoms with van der Waals surface area (Å²) in [6, 6.07) is 65.3. The van der Waals surface area contributed by atoms with Crippen LogP contribution in [0.15, 0.2) is 224 Å². The second kappa shape index (κ2) is 17.3. The standard InChI is InChI=1S/C60H37F6N3/c61-59(62,63)51-27-15-13-25-45(51)49-35-44(54-37-53(40-21-9-3-10-22-40)67-58(68-54)41-23-11-4-12-24-41)36-50(46-26-14-16-28-52(46)60(64,65)66)57(49)69-55-31-29-42(38-17-5-1-6-18-38)33-47(55)48-34-43(30-32-56(48)69)39-19-7-2-8-20-39/h1-37H. The van der Waals surface area contributed by atoms with Crippen LogP contribution in [0.25, 0.3) is 106 Å². The second-order valence-electron chi connectivity index (χ2n) is 16.7. The molecule has 69 heavy (non-hydrogen) atoms. The van der Waals surface area contributed by atoms with Gasteiger partial charge in [-0.15, -0.1) is 0 Å². The maximum absolute atomic E-state index is 15.5. The first-order valence-electron chi connectivity index (χ1n) is 22.2. The summed E-state index contributed by atoms with van der Waals surface area (Å²) in [5, 5.41) is 1.52. The molecule has 2 heterocycles. The van der Waals surface area contributed by atoms with Gasteiger partial charge in [0.2, 0.25) is 0 Å². The Morgan fingerprint density at radius 1 is 0.304 bits per heavy atom. The Hall–Kier alpha value is -8.56. The third-order valence-electron chi connectivity index (χ3n) is 12.5. The quantitative estimate of drug-likeness (QED) is 0.142. The summed E-state index contributed by atoms with van der Waals surface area (Å²) in [5.74, 6) is 0.330. The van der Waals surface area contributed by atoms with E-state index in [1.54, 1.807) is 18.2 Å². The molecule has 0 bridgehead atoms. The largest absolute Gasteiger partial charge is 0.417 e. The SMILES string of the molecule is FC(F)(F)c1ccccc1-c1cc(-c2cc(-c3ccccc3)nc(-c3ccccc3)n2)cc(-c2ccccc2C(F)(F)F)c1-n1c2ccc(-c3ccccc3)cc2c2cc(-c3ccccc3)ccc21. The fourth-order valence-electron chi connectivity index (χ4n) is 9.32. The Bertz CT molecular complexity index is 3440. The minimum atomic E-state index is -4.85. The van der Waals surface area contributed by atoms with E-state index in [9.17, 15) is 0 Å². The number of hydrogen-bond donors (Lipinski definition) is 0. The van der Waals surface area contributed by atoms with E-state index in [0.29, 0.717) is 33.8 Å². The van der Waals surface area contributed by atoms with Gasteiger partial charge < -0.3 is 4.57 Å². The molecule has 2 aromatic heterocycles. The average molecular weight is 914 g/mol. The van der Waals surface area contributed by atoms with Gasteiger partial charge in [-0.3, -0.25) is 0 Å². The maximum atomic E-state index is 15.5. The molecule has 11 rings (SSSR count). The summed E-state index contributed by atoms with van der Waals surface area (Å²) in [4.78, 5) is 9.94. The van der Waals surface area contributed by atoms with Crippen LogP contribution >= 0.6 is 0 Å². The molecule has 0 fully saturated rings. The van der Waals surface area contributed by atoms with Crippen LogP contribution in [-0.2, 0) is 12.4 Å². The molecule has 334 valence electrons. The molecule has 3 nitrogen and oxygen atoms in total. The molecular weight excluding hydrogens is 877 g/mol. The summed E-state index contributed by atoms with van der Waals surface area (Å²) in [7, 11) is 0. The van der Waals surface area contributed by atoms with Crippen LogP contribution in [0.4, 0.5) is 26.3 Å². The number of rotatable bonds is 8. The Morgan fingerprint density at radius 3 is 1.12 bits per heavy atom. The van der Waals surface area contributed by atoms with Gasteiger partial charge in [0.15, 0.2) is 5.82 Å². The number of fused-ring (bicyclic) bond motifs is 3. The monoisotopic (exact) mass is 913 g/mol. The van der Waals surface area contributed by atoms with Gasteiger partial charge in [0.25, 0.3) is 0 Å². The fourth-order valence-corrected chi connectivity index (χ4v) is 9.32. The molecule has 0 aliphatic heterocycles. The molecule has 11 aromatic rings. The van der Waals surface area contributed by atoms with E-state index in [2.05, 4.69) is 0 Å². The molecule has 0 aliphatic carbocycles. The number of benzene rings is 9. The molecule has 9 aromatic carbocycles. The Balaban J connectivity index is 1.31. The minimum Gasteiger partial charge on any atom is -0.308 e. The molecule has 0 amide bonds. The van der Waals surface area contributed by atoms with Crippen molar-refractivity contribution in [3.63, 3.8) is 0 Å². The van der Waals surface area contributed by atoms with Gasteiger partial charge in [-0.25, -0.2) is 9.97 Å². The van der Waals surface area contributed by atoms with E-state index in [-0.39, 0.29) is 33.5 Å². The normalized spacial score (nSPS) is 11.9. The third kappa shape index (κ3) is 8.12. The van der Waals surface area contributed by atoms with Crippen molar-refractivity contribution < 1.29 is 26.3 Å². The van der Waals surface area contributed by atoms with Gasteiger partial charge in [0.05, 0.1) is 39.2 Å². The highest BCUT2D eigenvalue weighted by Gasteiger charge is 2.37. The predicted molar refractivity (Wildman–Crippen MR) is 264 cm³/mol. The van der Waals surface area contributed by atoms with Crippen LogP contribution in [0.5, 0.6) is 0 Å². The molecule has 9 heteroatoms. The molecule has 0 N–H and O–H groups in total. The van der Waals surface area contributed by atoms with Crippen LogP contribution < -0.4 is 0 Å². The summed E-state index contributed by atoms with van der Waals surface area (Å²) in [6.07, 6.45) is -9.69.